The molecule has 0 amide bonds. The Morgan fingerprint density at radius 1 is 1.39 bits per heavy atom. The van der Waals surface area contributed by atoms with Crippen LogP contribution in [-0.4, -0.2) is 32.1 Å². The normalized spacial score (nSPS) is 12.4. The van der Waals surface area contributed by atoms with Crippen molar-refractivity contribution in [2.75, 3.05) is 27.2 Å². The summed E-state index contributed by atoms with van der Waals surface area (Å²) in [5.74, 6) is 0. The molecule has 1 aromatic carbocycles. The topological polar surface area (TPSA) is 39.1 Å². The first-order valence-electron chi connectivity index (χ1n) is 5.77. The molecule has 98 valence electrons. The van der Waals surface area contributed by atoms with Gasteiger partial charge >= 0.3 is 0 Å². The molecule has 0 aliphatic carbocycles. The summed E-state index contributed by atoms with van der Waals surface area (Å²) in [5.41, 5.74) is 0.772. The second-order valence-electron chi connectivity index (χ2n) is 4.34. The minimum Gasteiger partial charge on any atom is -0.309 e. The monoisotopic (exact) mass is 285 g/mol. The van der Waals surface area contributed by atoms with Gasteiger partial charge in [0.1, 0.15) is 6.04 Å². The molecule has 1 rings (SSSR count). The maximum absolute atomic E-state index is 9.17. The van der Waals surface area contributed by atoms with Gasteiger partial charge < -0.3 is 4.90 Å². The molecule has 1 unspecified atom stereocenters. The van der Waals surface area contributed by atoms with E-state index < -0.39 is 6.04 Å². The molecule has 0 saturated heterocycles. The van der Waals surface area contributed by atoms with E-state index in [2.05, 4.69) is 16.3 Å². The number of nitrogens with zero attached hydrogens (tertiary/aromatic N) is 2. The minimum absolute atomic E-state index is 0.392. The van der Waals surface area contributed by atoms with Crippen LogP contribution in [0.25, 0.3) is 0 Å². The molecular weight excluding hydrogens is 269 g/mol. The number of nitrogens with one attached hydrogen (secondary N) is 1. The summed E-state index contributed by atoms with van der Waals surface area (Å²) < 4.78 is 0. The van der Waals surface area contributed by atoms with Gasteiger partial charge in [-0.15, -0.1) is 0 Å². The second-order valence-corrected chi connectivity index (χ2v) is 5.18. The smallest absolute Gasteiger partial charge is 0.122 e. The standard InChI is InChI=1S/C13H17Cl2N3/c1-18(2)7-3-6-17-13(9-16)11-5-4-10(14)8-12(11)15/h4-5,8,13,17H,3,6-7H2,1-2H3. The van der Waals surface area contributed by atoms with E-state index in [-0.39, 0.29) is 0 Å². The summed E-state index contributed by atoms with van der Waals surface area (Å²) in [6.45, 7) is 1.76. The van der Waals surface area contributed by atoms with E-state index in [4.69, 9.17) is 28.5 Å². The van der Waals surface area contributed by atoms with Crippen LogP contribution >= 0.6 is 23.2 Å². The Morgan fingerprint density at radius 3 is 2.67 bits per heavy atom. The third-order valence-electron chi connectivity index (χ3n) is 2.53. The fraction of sp³-hybridized carbons (Fsp3) is 0.462. The van der Waals surface area contributed by atoms with E-state index in [1.54, 1.807) is 18.2 Å². The van der Waals surface area contributed by atoms with Crippen molar-refractivity contribution in [1.29, 1.82) is 5.26 Å². The van der Waals surface area contributed by atoms with E-state index >= 15 is 0 Å². The van der Waals surface area contributed by atoms with Crippen LogP contribution in [0.2, 0.25) is 10.0 Å². The third-order valence-corrected chi connectivity index (χ3v) is 3.10. The van der Waals surface area contributed by atoms with Gasteiger partial charge in [-0.05, 0) is 45.7 Å². The lowest BCUT2D eigenvalue weighted by atomic mass is 10.1. The van der Waals surface area contributed by atoms with Crippen molar-refractivity contribution in [3.63, 3.8) is 0 Å². The van der Waals surface area contributed by atoms with E-state index in [0.717, 1.165) is 25.1 Å². The number of hydrogen-bond donors (Lipinski definition) is 1. The van der Waals surface area contributed by atoms with Gasteiger partial charge in [0.15, 0.2) is 0 Å². The number of benzene rings is 1. The highest BCUT2D eigenvalue weighted by Crippen LogP contribution is 2.25. The molecule has 1 aromatic rings. The molecule has 0 saturated carbocycles. The summed E-state index contributed by atoms with van der Waals surface area (Å²) in [7, 11) is 4.05. The van der Waals surface area contributed by atoms with Gasteiger partial charge in [-0.1, -0.05) is 29.3 Å². The van der Waals surface area contributed by atoms with Crippen LogP contribution < -0.4 is 5.32 Å². The molecule has 0 spiro atoms. The highest BCUT2D eigenvalue weighted by atomic mass is 35.5. The Morgan fingerprint density at radius 2 is 2.11 bits per heavy atom. The largest absolute Gasteiger partial charge is 0.309 e. The minimum atomic E-state index is -0.392. The number of halogens is 2. The van der Waals surface area contributed by atoms with E-state index in [9.17, 15) is 0 Å². The summed E-state index contributed by atoms with van der Waals surface area (Å²) in [6.07, 6.45) is 0.983. The Kier molecular flexibility index (Phi) is 6.45. The molecule has 3 nitrogen and oxygen atoms in total. The van der Waals surface area contributed by atoms with Crippen molar-refractivity contribution in [3.05, 3.63) is 33.8 Å². The van der Waals surface area contributed by atoms with Gasteiger partial charge in [0, 0.05) is 15.6 Å². The number of nitriles is 1. The van der Waals surface area contributed by atoms with E-state index in [1.165, 1.54) is 0 Å². The summed E-state index contributed by atoms with van der Waals surface area (Å²) in [5, 5.41) is 13.5. The maximum Gasteiger partial charge on any atom is 0.122 e. The average Bonchev–Trinajstić information content (AvgIpc) is 2.30. The first-order valence-corrected chi connectivity index (χ1v) is 6.53. The van der Waals surface area contributed by atoms with E-state index in [0.29, 0.717) is 10.0 Å². The van der Waals surface area contributed by atoms with Crippen molar-refractivity contribution >= 4 is 23.2 Å². The first-order chi connectivity index (χ1) is 8.54. The van der Waals surface area contributed by atoms with Crippen LogP contribution in [0.4, 0.5) is 0 Å². The van der Waals surface area contributed by atoms with Crippen molar-refractivity contribution < 1.29 is 0 Å². The predicted molar refractivity (Wildman–Crippen MR) is 76.0 cm³/mol. The molecule has 0 heterocycles. The Bertz CT molecular complexity index is 427. The second kappa shape index (κ2) is 7.60. The zero-order valence-electron chi connectivity index (χ0n) is 10.6. The fourth-order valence-electron chi connectivity index (χ4n) is 1.60. The molecule has 0 aliphatic heterocycles. The summed E-state index contributed by atoms with van der Waals surface area (Å²) in [6, 6.07) is 7.01. The Hall–Kier alpha value is -0.790. The fourth-order valence-corrected chi connectivity index (χ4v) is 2.12. The first kappa shape index (κ1) is 15.3. The third kappa shape index (κ3) is 4.83. The van der Waals surface area contributed by atoms with Gasteiger partial charge in [0.2, 0.25) is 0 Å². The van der Waals surface area contributed by atoms with Crippen LogP contribution in [0.15, 0.2) is 18.2 Å². The molecule has 0 bridgehead atoms. The summed E-state index contributed by atoms with van der Waals surface area (Å²) >= 11 is 11.9. The highest BCUT2D eigenvalue weighted by Gasteiger charge is 2.13. The zero-order valence-corrected chi connectivity index (χ0v) is 12.1. The zero-order chi connectivity index (χ0) is 13.5. The number of rotatable bonds is 6. The molecule has 0 radical (unpaired) electrons. The Balaban J connectivity index is 2.58. The average molecular weight is 286 g/mol. The predicted octanol–water partition coefficient (Wildman–Crippen LogP) is 3.10. The molecule has 1 atom stereocenters. The van der Waals surface area contributed by atoms with Gasteiger partial charge in [0.05, 0.1) is 6.07 Å². The molecule has 0 aromatic heterocycles. The SMILES string of the molecule is CN(C)CCCNC(C#N)c1ccc(Cl)cc1Cl. The van der Waals surface area contributed by atoms with Gasteiger partial charge in [-0.25, -0.2) is 0 Å². The molecule has 0 aliphatic rings. The van der Waals surface area contributed by atoms with Crippen LogP contribution in [0.3, 0.4) is 0 Å². The highest BCUT2D eigenvalue weighted by molar-refractivity contribution is 6.35. The quantitative estimate of drug-likeness (QED) is 0.817. The molecular formula is C13H17Cl2N3. The van der Waals surface area contributed by atoms with Crippen LogP contribution in [-0.2, 0) is 0 Å². The lowest BCUT2D eigenvalue weighted by Crippen LogP contribution is -2.24. The number of hydrogen-bond acceptors (Lipinski definition) is 3. The van der Waals surface area contributed by atoms with Crippen molar-refractivity contribution in [3.8, 4) is 6.07 Å². The van der Waals surface area contributed by atoms with E-state index in [1.807, 2.05) is 14.1 Å². The van der Waals surface area contributed by atoms with Crippen LogP contribution in [0.1, 0.15) is 18.0 Å². The molecule has 5 heteroatoms. The van der Waals surface area contributed by atoms with Crippen LogP contribution in [0.5, 0.6) is 0 Å². The van der Waals surface area contributed by atoms with Gasteiger partial charge in [-0.3, -0.25) is 5.32 Å². The summed E-state index contributed by atoms with van der Waals surface area (Å²) in [4.78, 5) is 2.11. The lowest BCUT2D eigenvalue weighted by molar-refractivity contribution is 0.392. The Labute approximate surface area is 118 Å². The van der Waals surface area contributed by atoms with Gasteiger partial charge in [-0.2, -0.15) is 5.26 Å². The van der Waals surface area contributed by atoms with Crippen LogP contribution in [0, 0.1) is 11.3 Å². The molecule has 18 heavy (non-hydrogen) atoms. The van der Waals surface area contributed by atoms with Gasteiger partial charge in [0.25, 0.3) is 0 Å². The molecule has 0 fully saturated rings. The lowest BCUT2D eigenvalue weighted by Gasteiger charge is -2.15. The van der Waals surface area contributed by atoms with Crippen molar-refractivity contribution in [2.24, 2.45) is 0 Å². The van der Waals surface area contributed by atoms with Crippen molar-refractivity contribution in [2.45, 2.75) is 12.5 Å². The maximum atomic E-state index is 9.17. The van der Waals surface area contributed by atoms with Crippen molar-refractivity contribution in [1.82, 2.24) is 10.2 Å². The molecule has 1 N–H and O–H groups in total.